The Labute approximate surface area is 161 Å². The van der Waals surface area contributed by atoms with Crippen LogP contribution in [0.4, 0.5) is 4.39 Å². The summed E-state index contributed by atoms with van der Waals surface area (Å²) in [5.41, 5.74) is 0.557. The van der Waals surface area contributed by atoms with Crippen LogP contribution in [-0.2, 0) is 20.9 Å². The molecule has 1 atom stereocenters. The molecule has 0 unspecified atom stereocenters. The zero-order chi connectivity index (χ0) is 19.6. The molecule has 1 aliphatic rings. The summed E-state index contributed by atoms with van der Waals surface area (Å²) in [6, 6.07) is 4.97. The van der Waals surface area contributed by atoms with E-state index in [1.165, 1.54) is 13.0 Å². The Morgan fingerprint density at radius 1 is 1.22 bits per heavy atom. The molecule has 0 aromatic heterocycles. The number of hydrogen-bond acceptors (Lipinski definition) is 4. The van der Waals surface area contributed by atoms with Gasteiger partial charge >= 0.3 is 0 Å². The highest BCUT2D eigenvalue weighted by Crippen LogP contribution is 2.25. The molecule has 5 nitrogen and oxygen atoms in total. The average Bonchev–Trinajstić information content (AvgIpc) is 2.64. The van der Waals surface area contributed by atoms with Crippen LogP contribution in [0, 0.1) is 5.82 Å². The summed E-state index contributed by atoms with van der Waals surface area (Å²) in [4.78, 5) is 11.0. The Balaban J connectivity index is 1.68. The van der Waals surface area contributed by atoms with Crippen molar-refractivity contribution in [2.45, 2.75) is 77.7 Å². The number of amides is 1. The van der Waals surface area contributed by atoms with Gasteiger partial charge in [0.2, 0.25) is 5.91 Å². The van der Waals surface area contributed by atoms with Gasteiger partial charge in [-0.2, -0.15) is 0 Å². The van der Waals surface area contributed by atoms with Gasteiger partial charge in [0.1, 0.15) is 11.6 Å². The third-order valence-corrected chi connectivity index (χ3v) is 4.62. The Bertz CT molecular complexity index is 588. The van der Waals surface area contributed by atoms with E-state index in [1.807, 2.05) is 13.8 Å². The minimum atomic E-state index is -0.285. The van der Waals surface area contributed by atoms with E-state index >= 15 is 0 Å². The van der Waals surface area contributed by atoms with Gasteiger partial charge in [-0.1, -0.05) is 13.0 Å². The van der Waals surface area contributed by atoms with Gasteiger partial charge in [-0.3, -0.25) is 4.79 Å². The second-order valence-corrected chi connectivity index (χ2v) is 7.25. The van der Waals surface area contributed by atoms with Gasteiger partial charge in [-0.15, -0.1) is 0 Å². The summed E-state index contributed by atoms with van der Waals surface area (Å²) in [5, 5.41) is 2.82. The topological polar surface area (TPSA) is 56.8 Å². The molecule has 0 bridgehead atoms. The summed E-state index contributed by atoms with van der Waals surface area (Å²) in [6.45, 7) is 6.84. The number of hydrogen-bond donors (Lipinski definition) is 1. The second-order valence-electron chi connectivity index (χ2n) is 7.25. The van der Waals surface area contributed by atoms with Crippen molar-refractivity contribution in [3.63, 3.8) is 0 Å². The molecule has 1 aromatic carbocycles. The number of halogens is 1. The largest absolute Gasteiger partial charge is 0.494 e. The van der Waals surface area contributed by atoms with Crippen molar-refractivity contribution in [3.05, 3.63) is 29.6 Å². The fraction of sp³-hybridized carbons (Fsp3) is 0.667. The lowest BCUT2D eigenvalue weighted by Crippen LogP contribution is -2.36. The Kier molecular flexibility index (Phi) is 9.01. The van der Waals surface area contributed by atoms with Crippen LogP contribution in [0.5, 0.6) is 5.75 Å². The van der Waals surface area contributed by atoms with E-state index < -0.39 is 0 Å². The standard InChI is InChI=1S/C21H32FNO4/c1-4-11-25-20-6-5-17(21(22)12-20)14-27-19-9-7-18(8-10-19)26-13-15(2)23-16(3)24/h5-6,12,15,18-19H,4,7-11,13-14H2,1-3H3,(H,23,24)/t15-,18-,19-/m0/s1. The van der Waals surface area contributed by atoms with Crippen LogP contribution in [-0.4, -0.2) is 37.4 Å². The quantitative estimate of drug-likeness (QED) is 0.666. The highest BCUT2D eigenvalue weighted by atomic mass is 19.1. The van der Waals surface area contributed by atoms with Gasteiger partial charge in [0, 0.05) is 24.6 Å². The first-order chi connectivity index (χ1) is 13.0. The smallest absolute Gasteiger partial charge is 0.217 e. The molecule has 0 spiro atoms. The van der Waals surface area contributed by atoms with Crippen LogP contribution < -0.4 is 10.1 Å². The third kappa shape index (κ3) is 7.85. The SMILES string of the molecule is CCCOc1ccc(CO[C@H]2CC[C@H](OC[C@H](C)NC(C)=O)CC2)c(F)c1. The van der Waals surface area contributed by atoms with Gasteiger partial charge in [0.05, 0.1) is 32.0 Å². The fourth-order valence-electron chi connectivity index (χ4n) is 3.20. The molecule has 1 aromatic rings. The van der Waals surface area contributed by atoms with E-state index in [1.54, 1.807) is 12.1 Å². The lowest BCUT2D eigenvalue weighted by molar-refractivity contribution is -0.120. The van der Waals surface area contributed by atoms with Crippen LogP contribution in [0.1, 0.15) is 58.4 Å². The molecule has 0 saturated heterocycles. The Morgan fingerprint density at radius 3 is 2.48 bits per heavy atom. The number of benzene rings is 1. The van der Waals surface area contributed by atoms with Gasteiger partial charge < -0.3 is 19.5 Å². The van der Waals surface area contributed by atoms with Crippen molar-refractivity contribution in [2.75, 3.05) is 13.2 Å². The maximum Gasteiger partial charge on any atom is 0.217 e. The van der Waals surface area contributed by atoms with Gasteiger partial charge in [-0.25, -0.2) is 4.39 Å². The third-order valence-electron chi connectivity index (χ3n) is 4.62. The molecule has 1 fully saturated rings. The minimum absolute atomic E-state index is 0.0173. The monoisotopic (exact) mass is 381 g/mol. The van der Waals surface area contributed by atoms with E-state index in [0.717, 1.165) is 32.1 Å². The zero-order valence-electron chi connectivity index (χ0n) is 16.6. The van der Waals surface area contributed by atoms with Crippen molar-refractivity contribution in [1.29, 1.82) is 0 Å². The molecule has 6 heteroatoms. The summed E-state index contributed by atoms with van der Waals surface area (Å²) in [6.07, 6.45) is 4.87. The normalized spacial score (nSPS) is 20.9. The van der Waals surface area contributed by atoms with Crippen molar-refractivity contribution < 1.29 is 23.4 Å². The molecule has 2 rings (SSSR count). The first-order valence-electron chi connectivity index (χ1n) is 9.89. The molecule has 1 N–H and O–H groups in total. The second kappa shape index (κ2) is 11.2. The van der Waals surface area contributed by atoms with Gasteiger partial charge in [0.15, 0.2) is 0 Å². The van der Waals surface area contributed by atoms with E-state index in [2.05, 4.69) is 5.32 Å². The first kappa shape index (κ1) is 21.6. The zero-order valence-corrected chi connectivity index (χ0v) is 16.6. The first-order valence-corrected chi connectivity index (χ1v) is 9.89. The predicted octanol–water partition coefficient (Wildman–Crippen LogP) is 3.98. The molecular formula is C21H32FNO4. The van der Waals surface area contributed by atoms with E-state index in [-0.39, 0.29) is 36.6 Å². The van der Waals surface area contributed by atoms with Gasteiger partial charge in [-0.05, 0) is 45.1 Å². The summed E-state index contributed by atoms with van der Waals surface area (Å²) >= 11 is 0. The lowest BCUT2D eigenvalue weighted by Gasteiger charge is -2.29. The highest BCUT2D eigenvalue weighted by molar-refractivity contribution is 5.73. The molecule has 152 valence electrons. The number of rotatable bonds is 10. The molecule has 0 heterocycles. The van der Waals surface area contributed by atoms with Crippen LogP contribution in [0.3, 0.4) is 0 Å². The summed E-state index contributed by atoms with van der Waals surface area (Å²) in [5.74, 6) is 0.234. The molecule has 0 radical (unpaired) electrons. The minimum Gasteiger partial charge on any atom is -0.494 e. The molecule has 1 amide bonds. The number of carbonyl (C=O) groups excluding carboxylic acids is 1. The summed E-state index contributed by atoms with van der Waals surface area (Å²) < 4.78 is 31.4. The predicted molar refractivity (Wildman–Crippen MR) is 102 cm³/mol. The molecule has 0 aliphatic heterocycles. The molecule has 1 aliphatic carbocycles. The highest BCUT2D eigenvalue weighted by Gasteiger charge is 2.23. The van der Waals surface area contributed by atoms with Crippen LogP contribution in [0.25, 0.3) is 0 Å². The molecule has 27 heavy (non-hydrogen) atoms. The van der Waals surface area contributed by atoms with Crippen LogP contribution >= 0.6 is 0 Å². The Hall–Kier alpha value is -1.66. The maximum absolute atomic E-state index is 14.2. The lowest BCUT2D eigenvalue weighted by atomic mass is 9.95. The van der Waals surface area contributed by atoms with Crippen molar-refractivity contribution in [2.24, 2.45) is 0 Å². The maximum atomic E-state index is 14.2. The Morgan fingerprint density at radius 2 is 1.89 bits per heavy atom. The molecular weight excluding hydrogens is 349 g/mol. The van der Waals surface area contributed by atoms with Gasteiger partial charge in [0.25, 0.3) is 0 Å². The van der Waals surface area contributed by atoms with E-state index in [0.29, 0.717) is 24.5 Å². The van der Waals surface area contributed by atoms with Crippen molar-refractivity contribution in [3.8, 4) is 5.75 Å². The number of carbonyl (C=O) groups is 1. The number of nitrogens with one attached hydrogen (secondary N) is 1. The average molecular weight is 381 g/mol. The van der Waals surface area contributed by atoms with Crippen LogP contribution in [0.2, 0.25) is 0 Å². The van der Waals surface area contributed by atoms with E-state index in [9.17, 15) is 9.18 Å². The summed E-state index contributed by atoms with van der Waals surface area (Å²) in [7, 11) is 0. The number of ether oxygens (including phenoxy) is 3. The molecule has 1 saturated carbocycles. The van der Waals surface area contributed by atoms with Crippen molar-refractivity contribution in [1.82, 2.24) is 5.32 Å². The van der Waals surface area contributed by atoms with Crippen LogP contribution in [0.15, 0.2) is 18.2 Å². The van der Waals surface area contributed by atoms with Crippen molar-refractivity contribution >= 4 is 5.91 Å². The fourth-order valence-corrected chi connectivity index (χ4v) is 3.20. The van der Waals surface area contributed by atoms with E-state index in [4.69, 9.17) is 14.2 Å².